The number of unbranched alkanes of at least 4 members (excludes halogenated alkanes) is 1. The van der Waals surface area contributed by atoms with Crippen LogP contribution in [0.25, 0.3) is 0 Å². The van der Waals surface area contributed by atoms with Crippen LogP contribution in [0, 0.1) is 6.07 Å². The van der Waals surface area contributed by atoms with Gasteiger partial charge < -0.3 is 4.74 Å². The van der Waals surface area contributed by atoms with Crippen molar-refractivity contribution in [3.8, 4) is 5.88 Å². The fourth-order valence-electron chi connectivity index (χ4n) is 0.713. The molecule has 0 atom stereocenters. The van der Waals surface area contributed by atoms with Gasteiger partial charge in [-0.25, -0.2) is 4.98 Å². The zero-order valence-corrected chi connectivity index (χ0v) is 6.71. The van der Waals surface area contributed by atoms with Crippen LogP contribution in [0.2, 0.25) is 0 Å². The van der Waals surface area contributed by atoms with Crippen LogP contribution < -0.4 is 4.74 Å². The second-order valence-corrected chi connectivity index (χ2v) is 2.30. The summed E-state index contributed by atoms with van der Waals surface area (Å²) in [7, 11) is 0. The van der Waals surface area contributed by atoms with Crippen molar-refractivity contribution >= 4 is 0 Å². The Kier molecular flexibility index (Phi) is 3.45. The number of hydrogen-bond acceptors (Lipinski definition) is 2. The van der Waals surface area contributed by atoms with E-state index in [0.717, 1.165) is 19.4 Å². The average Bonchev–Trinajstić information content (AvgIpc) is 2.07. The topological polar surface area (TPSA) is 22.1 Å². The quantitative estimate of drug-likeness (QED) is 0.613. The van der Waals surface area contributed by atoms with E-state index in [2.05, 4.69) is 18.0 Å². The molecule has 0 aliphatic heterocycles. The maximum Gasteiger partial charge on any atom is 0.213 e. The minimum Gasteiger partial charge on any atom is -0.478 e. The van der Waals surface area contributed by atoms with Crippen LogP contribution >= 0.6 is 0 Å². The van der Waals surface area contributed by atoms with Crippen molar-refractivity contribution in [3.63, 3.8) is 0 Å². The highest BCUT2D eigenvalue weighted by Crippen LogP contribution is 2.03. The van der Waals surface area contributed by atoms with Crippen LogP contribution in [0.1, 0.15) is 19.8 Å². The predicted molar refractivity (Wildman–Crippen MR) is 43.5 cm³/mol. The van der Waals surface area contributed by atoms with Gasteiger partial charge in [0.25, 0.3) is 0 Å². The van der Waals surface area contributed by atoms with Gasteiger partial charge in [-0.3, -0.25) is 0 Å². The molecular formula is C9H12NO. The first kappa shape index (κ1) is 8.05. The molecule has 1 heterocycles. The van der Waals surface area contributed by atoms with E-state index in [0.29, 0.717) is 5.88 Å². The average molecular weight is 150 g/mol. The van der Waals surface area contributed by atoms with Crippen LogP contribution in [-0.2, 0) is 0 Å². The summed E-state index contributed by atoms with van der Waals surface area (Å²) in [5.41, 5.74) is 0. The third-order valence-electron chi connectivity index (χ3n) is 1.34. The Morgan fingerprint density at radius 2 is 2.55 bits per heavy atom. The first-order valence-electron chi connectivity index (χ1n) is 3.88. The fraction of sp³-hybridized carbons (Fsp3) is 0.444. The molecule has 2 heteroatoms. The van der Waals surface area contributed by atoms with Crippen LogP contribution in [0.3, 0.4) is 0 Å². The summed E-state index contributed by atoms with van der Waals surface area (Å²) in [6.45, 7) is 2.89. The van der Waals surface area contributed by atoms with Crippen molar-refractivity contribution in [2.24, 2.45) is 0 Å². The van der Waals surface area contributed by atoms with Gasteiger partial charge in [0.2, 0.25) is 5.88 Å². The van der Waals surface area contributed by atoms with E-state index in [9.17, 15) is 0 Å². The monoisotopic (exact) mass is 150 g/mol. The lowest BCUT2D eigenvalue weighted by Gasteiger charge is -2.01. The largest absolute Gasteiger partial charge is 0.478 e. The van der Waals surface area contributed by atoms with Crippen molar-refractivity contribution in [2.45, 2.75) is 19.8 Å². The predicted octanol–water partition coefficient (Wildman–Crippen LogP) is 2.06. The number of aromatic nitrogens is 1. The Morgan fingerprint density at radius 1 is 1.64 bits per heavy atom. The van der Waals surface area contributed by atoms with Crippen LogP contribution in [0.5, 0.6) is 5.88 Å². The highest BCUT2D eigenvalue weighted by molar-refractivity contribution is 5.07. The first-order valence-corrected chi connectivity index (χ1v) is 3.88. The maximum atomic E-state index is 5.32. The molecule has 0 bridgehead atoms. The molecule has 0 aromatic carbocycles. The number of nitrogens with zero attached hydrogens (tertiary/aromatic N) is 1. The summed E-state index contributed by atoms with van der Waals surface area (Å²) < 4.78 is 5.32. The SMILES string of the molecule is CCCCOc1cc[c]cn1. The van der Waals surface area contributed by atoms with E-state index in [4.69, 9.17) is 4.74 Å². The lowest BCUT2D eigenvalue weighted by Crippen LogP contribution is -1.97. The van der Waals surface area contributed by atoms with Gasteiger partial charge in [0.1, 0.15) is 0 Å². The second-order valence-electron chi connectivity index (χ2n) is 2.30. The smallest absolute Gasteiger partial charge is 0.213 e. The Morgan fingerprint density at radius 3 is 3.18 bits per heavy atom. The van der Waals surface area contributed by atoms with Crippen molar-refractivity contribution in [2.75, 3.05) is 6.61 Å². The van der Waals surface area contributed by atoms with Crippen molar-refractivity contribution < 1.29 is 4.74 Å². The molecule has 59 valence electrons. The van der Waals surface area contributed by atoms with Crippen molar-refractivity contribution in [1.29, 1.82) is 0 Å². The third-order valence-corrected chi connectivity index (χ3v) is 1.34. The third kappa shape index (κ3) is 3.03. The molecule has 2 nitrogen and oxygen atoms in total. The second kappa shape index (κ2) is 4.72. The maximum absolute atomic E-state index is 5.32. The van der Waals surface area contributed by atoms with E-state index in [-0.39, 0.29) is 0 Å². The number of pyridine rings is 1. The lowest BCUT2D eigenvalue weighted by atomic mass is 10.4. The van der Waals surface area contributed by atoms with Gasteiger partial charge in [-0.15, -0.1) is 0 Å². The van der Waals surface area contributed by atoms with Gasteiger partial charge in [-0.05, 0) is 12.5 Å². The number of ether oxygens (including phenoxy) is 1. The Labute approximate surface area is 67.2 Å². The summed E-state index contributed by atoms with van der Waals surface area (Å²) in [5, 5.41) is 0. The zero-order valence-electron chi connectivity index (χ0n) is 6.71. The number of rotatable bonds is 4. The van der Waals surface area contributed by atoms with Crippen LogP contribution in [-0.4, -0.2) is 11.6 Å². The van der Waals surface area contributed by atoms with Gasteiger partial charge in [0.05, 0.1) is 6.61 Å². The van der Waals surface area contributed by atoms with Crippen LogP contribution in [0.4, 0.5) is 0 Å². The minimum atomic E-state index is 0.692. The molecule has 0 amide bonds. The van der Waals surface area contributed by atoms with E-state index >= 15 is 0 Å². The first-order chi connectivity index (χ1) is 5.43. The molecule has 0 unspecified atom stereocenters. The molecule has 1 rings (SSSR count). The molecule has 0 saturated heterocycles. The van der Waals surface area contributed by atoms with E-state index < -0.39 is 0 Å². The Bertz CT molecular complexity index is 186. The van der Waals surface area contributed by atoms with Gasteiger partial charge in [-0.2, -0.15) is 0 Å². The zero-order chi connectivity index (χ0) is 7.94. The molecule has 1 aromatic rings. The van der Waals surface area contributed by atoms with Gasteiger partial charge in [-0.1, -0.05) is 13.3 Å². The standard InChI is InChI=1S/C9H12NO/c1-2-3-8-11-9-6-4-5-7-10-9/h4,6-7H,2-3,8H2,1H3. The van der Waals surface area contributed by atoms with Gasteiger partial charge in [0, 0.05) is 18.3 Å². The summed E-state index contributed by atoms with van der Waals surface area (Å²) in [6, 6.07) is 6.45. The summed E-state index contributed by atoms with van der Waals surface area (Å²) in [5.74, 6) is 0.692. The normalized spacial score (nSPS) is 9.55. The summed E-state index contributed by atoms with van der Waals surface area (Å²) >= 11 is 0. The highest BCUT2D eigenvalue weighted by Gasteiger charge is 1.90. The van der Waals surface area contributed by atoms with Gasteiger partial charge in [0.15, 0.2) is 0 Å². The Balaban J connectivity index is 2.28. The fourth-order valence-corrected chi connectivity index (χ4v) is 0.713. The molecule has 1 aromatic heterocycles. The molecule has 1 radical (unpaired) electrons. The molecule has 11 heavy (non-hydrogen) atoms. The lowest BCUT2D eigenvalue weighted by molar-refractivity contribution is 0.298. The van der Waals surface area contributed by atoms with Crippen molar-refractivity contribution in [3.05, 3.63) is 24.4 Å². The van der Waals surface area contributed by atoms with E-state index in [1.54, 1.807) is 12.3 Å². The molecular weight excluding hydrogens is 138 g/mol. The minimum absolute atomic E-state index is 0.692. The molecule has 0 saturated carbocycles. The van der Waals surface area contributed by atoms with Crippen molar-refractivity contribution in [1.82, 2.24) is 4.98 Å². The highest BCUT2D eigenvalue weighted by atomic mass is 16.5. The Hall–Kier alpha value is -1.05. The van der Waals surface area contributed by atoms with Gasteiger partial charge >= 0.3 is 0 Å². The molecule has 0 spiro atoms. The molecule has 0 fully saturated rings. The van der Waals surface area contributed by atoms with Crippen LogP contribution in [0.15, 0.2) is 18.3 Å². The molecule has 0 N–H and O–H groups in total. The molecule has 0 aliphatic carbocycles. The summed E-state index contributed by atoms with van der Waals surface area (Å²) in [6.07, 6.45) is 3.85. The number of hydrogen-bond donors (Lipinski definition) is 0. The summed E-state index contributed by atoms with van der Waals surface area (Å²) in [4.78, 5) is 3.97. The van der Waals surface area contributed by atoms with E-state index in [1.807, 2.05) is 6.07 Å². The molecule has 0 aliphatic rings. The van der Waals surface area contributed by atoms with E-state index in [1.165, 1.54) is 0 Å².